The molecule has 0 aliphatic rings. The number of carbonyl (C=O) groups is 1. The lowest BCUT2D eigenvalue weighted by molar-refractivity contribution is -0.134. The highest BCUT2D eigenvalue weighted by molar-refractivity contribution is 5.89. The summed E-state index contributed by atoms with van der Waals surface area (Å²) in [5.74, 6) is -2.08. The molecule has 0 aromatic heterocycles. The van der Waals surface area contributed by atoms with Gasteiger partial charge in [-0.25, -0.2) is 4.79 Å². The van der Waals surface area contributed by atoms with Gasteiger partial charge in [0.05, 0.1) is 6.61 Å². The Bertz CT molecular complexity index is 368. The van der Waals surface area contributed by atoms with Gasteiger partial charge in [-0.05, 0) is 30.7 Å². The molecule has 0 fully saturated rings. The number of rotatable bonds is 4. The molecular formula is C11H11FO3. The second-order valence-electron chi connectivity index (χ2n) is 2.80. The first-order chi connectivity index (χ1) is 7.13. The Balaban J connectivity index is 2.80. The number of ether oxygens (including phenoxy) is 1. The maximum absolute atomic E-state index is 12.7. The standard InChI is InChI=1S/C11H11FO3/c1-2-15-9-5-3-8(4-6-9)7-10(12)11(13)14/h3-7H,2H2,1H3,(H,13,14). The van der Waals surface area contributed by atoms with Crippen molar-refractivity contribution in [2.75, 3.05) is 6.61 Å². The van der Waals surface area contributed by atoms with E-state index in [-0.39, 0.29) is 0 Å². The van der Waals surface area contributed by atoms with Crippen LogP contribution in [0.15, 0.2) is 30.1 Å². The van der Waals surface area contributed by atoms with Crippen molar-refractivity contribution in [2.24, 2.45) is 0 Å². The van der Waals surface area contributed by atoms with Crippen LogP contribution in [0.25, 0.3) is 6.08 Å². The van der Waals surface area contributed by atoms with Crippen molar-refractivity contribution in [1.29, 1.82) is 0 Å². The molecule has 1 N–H and O–H groups in total. The Labute approximate surface area is 86.8 Å². The highest BCUT2D eigenvalue weighted by Gasteiger charge is 2.04. The molecule has 15 heavy (non-hydrogen) atoms. The van der Waals surface area contributed by atoms with E-state index in [1.54, 1.807) is 24.3 Å². The van der Waals surface area contributed by atoms with E-state index >= 15 is 0 Å². The molecule has 0 saturated carbocycles. The third-order valence-electron chi connectivity index (χ3n) is 1.69. The molecule has 0 unspecified atom stereocenters. The van der Waals surface area contributed by atoms with Crippen LogP contribution in [0.3, 0.4) is 0 Å². The second kappa shape index (κ2) is 5.14. The Morgan fingerprint density at radius 3 is 2.53 bits per heavy atom. The smallest absolute Gasteiger partial charge is 0.364 e. The molecule has 0 spiro atoms. The molecule has 0 heterocycles. The summed E-state index contributed by atoms with van der Waals surface area (Å²) in [6.07, 6.45) is 0.956. The fourth-order valence-corrected chi connectivity index (χ4v) is 1.04. The second-order valence-corrected chi connectivity index (χ2v) is 2.80. The molecule has 4 heteroatoms. The van der Waals surface area contributed by atoms with Gasteiger partial charge in [-0.2, -0.15) is 4.39 Å². The normalized spacial score (nSPS) is 11.2. The van der Waals surface area contributed by atoms with Gasteiger partial charge in [-0.3, -0.25) is 0 Å². The predicted molar refractivity (Wildman–Crippen MR) is 54.3 cm³/mol. The van der Waals surface area contributed by atoms with E-state index in [9.17, 15) is 9.18 Å². The lowest BCUT2D eigenvalue weighted by Crippen LogP contribution is -1.94. The minimum absolute atomic E-state index is 0.485. The monoisotopic (exact) mass is 210 g/mol. The first-order valence-electron chi connectivity index (χ1n) is 4.47. The van der Waals surface area contributed by atoms with E-state index in [1.807, 2.05) is 6.92 Å². The van der Waals surface area contributed by atoms with Gasteiger partial charge in [0.2, 0.25) is 5.83 Å². The van der Waals surface area contributed by atoms with Crippen molar-refractivity contribution in [3.63, 3.8) is 0 Å². The van der Waals surface area contributed by atoms with Crippen molar-refractivity contribution in [2.45, 2.75) is 6.92 Å². The molecule has 1 aromatic rings. The summed E-state index contributed by atoms with van der Waals surface area (Å²) in [7, 11) is 0. The largest absolute Gasteiger partial charge is 0.494 e. The molecule has 1 rings (SSSR count). The lowest BCUT2D eigenvalue weighted by Gasteiger charge is -2.02. The third-order valence-corrected chi connectivity index (χ3v) is 1.69. The number of carboxylic acid groups (broad SMARTS) is 1. The summed E-state index contributed by atoms with van der Waals surface area (Å²) >= 11 is 0. The molecule has 0 atom stereocenters. The Kier molecular flexibility index (Phi) is 3.85. The number of carboxylic acids is 1. The van der Waals surface area contributed by atoms with Crippen LogP contribution in [0.5, 0.6) is 5.75 Å². The van der Waals surface area contributed by atoms with Crippen LogP contribution in [0.4, 0.5) is 4.39 Å². The Morgan fingerprint density at radius 1 is 1.47 bits per heavy atom. The van der Waals surface area contributed by atoms with E-state index in [4.69, 9.17) is 9.84 Å². The van der Waals surface area contributed by atoms with Crippen LogP contribution in [0.1, 0.15) is 12.5 Å². The number of hydrogen-bond acceptors (Lipinski definition) is 2. The van der Waals surface area contributed by atoms with Gasteiger partial charge in [0.1, 0.15) is 5.75 Å². The minimum atomic E-state index is -1.57. The lowest BCUT2D eigenvalue weighted by atomic mass is 10.2. The van der Waals surface area contributed by atoms with E-state index in [2.05, 4.69) is 0 Å². The van der Waals surface area contributed by atoms with Crippen molar-refractivity contribution in [3.05, 3.63) is 35.7 Å². The van der Waals surface area contributed by atoms with Gasteiger partial charge < -0.3 is 9.84 Å². The van der Waals surface area contributed by atoms with Crippen molar-refractivity contribution in [1.82, 2.24) is 0 Å². The van der Waals surface area contributed by atoms with Gasteiger partial charge >= 0.3 is 5.97 Å². The van der Waals surface area contributed by atoms with Gasteiger partial charge in [-0.15, -0.1) is 0 Å². The molecule has 0 bridgehead atoms. The molecule has 0 aliphatic heterocycles. The average Bonchev–Trinajstić information content (AvgIpc) is 2.21. The molecule has 80 valence electrons. The first-order valence-corrected chi connectivity index (χ1v) is 4.47. The maximum Gasteiger partial charge on any atom is 0.364 e. The van der Waals surface area contributed by atoms with Crippen molar-refractivity contribution in [3.8, 4) is 5.75 Å². The van der Waals surface area contributed by atoms with Crippen LogP contribution in [-0.2, 0) is 4.79 Å². The quantitative estimate of drug-likeness (QED) is 0.776. The SMILES string of the molecule is CCOc1ccc(C=C(F)C(=O)O)cc1. The van der Waals surface area contributed by atoms with Gasteiger partial charge in [0.15, 0.2) is 0 Å². The first kappa shape index (κ1) is 11.2. The summed E-state index contributed by atoms with van der Waals surface area (Å²) in [4.78, 5) is 10.2. The molecule has 0 saturated heterocycles. The van der Waals surface area contributed by atoms with Crippen LogP contribution >= 0.6 is 0 Å². The fourth-order valence-electron chi connectivity index (χ4n) is 1.04. The van der Waals surface area contributed by atoms with Gasteiger partial charge in [-0.1, -0.05) is 12.1 Å². The van der Waals surface area contributed by atoms with E-state index in [0.717, 1.165) is 6.08 Å². The zero-order valence-corrected chi connectivity index (χ0v) is 8.24. The Hall–Kier alpha value is -1.84. The van der Waals surface area contributed by atoms with Gasteiger partial charge in [0.25, 0.3) is 0 Å². The summed E-state index contributed by atoms with van der Waals surface area (Å²) in [5, 5.41) is 8.31. The number of aliphatic carboxylic acids is 1. The summed E-state index contributed by atoms with van der Waals surface area (Å²) in [5.41, 5.74) is 0.485. The molecule has 0 radical (unpaired) electrons. The maximum atomic E-state index is 12.7. The molecule has 1 aromatic carbocycles. The van der Waals surface area contributed by atoms with E-state index in [1.165, 1.54) is 0 Å². The van der Waals surface area contributed by atoms with E-state index in [0.29, 0.717) is 17.9 Å². The van der Waals surface area contributed by atoms with Crippen LogP contribution in [-0.4, -0.2) is 17.7 Å². The summed E-state index contributed by atoms with van der Waals surface area (Å²) < 4.78 is 17.9. The molecule has 0 aliphatic carbocycles. The third kappa shape index (κ3) is 3.42. The number of halogens is 1. The number of hydrogen-bond donors (Lipinski definition) is 1. The number of benzene rings is 1. The summed E-state index contributed by atoms with van der Waals surface area (Å²) in [6.45, 7) is 2.41. The fraction of sp³-hybridized carbons (Fsp3) is 0.182. The highest BCUT2D eigenvalue weighted by atomic mass is 19.1. The van der Waals surface area contributed by atoms with Crippen molar-refractivity contribution >= 4 is 12.0 Å². The van der Waals surface area contributed by atoms with Gasteiger partial charge in [0, 0.05) is 0 Å². The van der Waals surface area contributed by atoms with Crippen LogP contribution in [0, 0.1) is 0 Å². The minimum Gasteiger partial charge on any atom is -0.494 e. The zero-order valence-electron chi connectivity index (χ0n) is 8.24. The zero-order chi connectivity index (χ0) is 11.3. The van der Waals surface area contributed by atoms with Crippen LogP contribution < -0.4 is 4.74 Å². The predicted octanol–water partition coefficient (Wildman–Crippen LogP) is 2.48. The topological polar surface area (TPSA) is 46.5 Å². The molecule has 3 nitrogen and oxygen atoms in total. The van der Waals surface area contributed by atoms with E-state index < -0.39 is 11.8 Å². The van der Waals surface area contributed by atoms with Crippen LogP contribution in [0.2, 0.25) is 0 Å². The average molecular weight is 210 g/mol. The molecular weight excluding hydrogens is 199 g/mol. The Morgan fingerprint density at radius 2 is 2.07 bits per heavy atom. The summed E-state index contributed by atoms with van der Waals surface area (Å²) in [6, 6.07) is 6.50. The van der Waals surface area contributed by atoms with Crippen molar-refractivity contribution < 1.29 is 19.0 Å². The highest BCUT2D eigenvalue weighted by Crippen LogP contribution is 2.14. The molecule has 0 amide bonds.